The summed E-state index contributed by atoms with van der Waals surface area (Å²) >= 11 is 0. The van der Waals surface area contributed by atoms with Crippen molar-refractivity contribution in [3.05, 3.63) is 69.8 Å². The molecule has 1 aromatic heterocycles. The monoisotopic (exact) mass is 370 g/mol. The second kappa shape index (κ2) is 7.21. The molecule has 0 fully saturated rings. The summed E-state index contributed by atoms with van der Waals surface area (Å²) < 4.78 is 29.3. The molecule has 0 bridgehead atoms. The maximum absolute atomic E-state index is 14.2. The van der Waals surface area contributed by atoms with Crippen LogP contribution in [-0.4, -0.2) is 27.3 Å². The number of hydrogen-bond donors (Lipinski definition) is 2. The highest BCUT2D eigenvalue weighted by Crippen LogP contribution is 2.19. The van der Waals surface area contributed by atoms with Crippen LogP contribution in [0.15, 0.2) is 41.2 Å². The van der Waals surface area contributed by atoms with Crippen molar-refractivity contribution in [2.75, 3.05) is 6.54 Å². The van der Waals surface area contributed by atoms with Crippen LogP contribution in [0.5, 0.6) is 0 Å². The number of halogens is 2. The molecular formula is C18H12F2N4O3. The van der Waals surface area contributed by atoms with E-state index in [1.807, 2.05) is 6.07 Å². The van der Waals surface area contributed by atoms with Gasteiger partial charge in [-0.25, -0.2) is 18.6 Å². The molecule has 0 unspecified atom stereocenters. The predicted octanol–water partition coefficient (Wildman–Crippen LogP) is 2.35. The summed E-state index contributed by atoms with van der Waals surface area (Å²) in [7, 11) is 0. The SMILES string of the molecule is N#Cc1cccc(-n2c(CCNC(=O)O)nc3c(F)ccc(F)c3c2=O)c1. The molecule has 2 aromatic carbocycles. The van der Waals surface area contributed by atoms with E-state index in [4.69, 9.17) is 10.4 Å². The number of hydrogen-bond acceptors (Lipinski definition) is 4. The molecular weight excluding hydrogens is 358 g/mol. The van der Waals surface area contributed by atoms with Crippen LogP contribution in [0.3, 0.4) is 0 Å². The number of fused-ring (bicyclic) bond motifs is 1. The summed E-state index contributed by atoms with van der Waals surface area (Å²) in [5.41, 5.74) is -0.785. The number of carboxylic acid groups (broad SMARTS) is 1. The first-order valence-electron chi connectivity index (χ1n) is 7.79. The molecule has 1 heterocycles. The van der Waals surface area contributed by atoms with Gasteiger partial charge >= 0.3 is 6.09 Å². The van der Waals surface area contributed by atoms with E-state index < -0.39 is 34.2 Å². The van der Waals surface area contributed by atoms with Crippen LogP contribution in [0.25, 0.3) is 16.6 Å². The van der Waals surface area contributed by atoms with Gasteiger partial charge in [0.2, 0.25) is 0 Å². The Balaban J connectivity index is 2.29. The number of rotatable bonds is 4. The Kier molecular flexibility index (Phi) is 4.81. The summed E-state index contributed by atoms with van der Waals surface area (Å²) in [4.78, 5) is 27.6. The zero-order valence-corrected chi connectivity index (χ0v) is 13.7. The minimum atomic E-state index is -1.27. The second-order valence-electron chi connectivity index (χ2n) is 5.57. The zero-order valence-electron chi connectivity index (χ0n) is 13.7. The predicted molar refractivity (Wildman–Crippen MR) is 91.7 cm³/mol. The Bertz CT molecular complexity index is 1150. The number of nitriles is 1. The van der Waals surface area contributed by atoms with Crippen molar-refractivity contribution in [1.82, 2.24) is 14.9 Å². The van der Waals surface area contributed by atoms with Gasteiger partial charge in [-0.15, -0.1) is 0 Å². The number of nitrogens with one attached hydrogen (secondary N) is 1. The first-order valence-corrected chi connectivity index (χ1v) is 7.79. The van der Waals surface area contributed by atoms with E-state index in [0.717, 1.165) is 16.7 Å². The normalized spacial score (nSPS) is 10.6. The van der Waals surface area contributed by atoms with Gasteiger partial charge in [0.25, 0.3) is 5.56 Å². The standard InChI is InChI=1S/C18H12F2N4O3/c19-12-4-5-13(20)16-15(12)17(25)24(11-3-1-2-10(8-11)9-21)14(23-16)6-7-22-18(26)27/h1-5,8,22H,6-7H2,(H,26,27). The lowest BCUT2D eigenvalue weighted by molar-refractivity contribution is 0.194. The van der Waals surface area contributed by atoms with E-state index >= 15 is 0 Å². The molecule has 27 heavy (non-hydrogen) atoms. The molecule has 0 radical (unpaired) electrons. The molecule has 3 rings (SSSR count). The summed E-state index contributed by atoms with van der Waals surface area (Å²) in [6.45, 7) is -0.0951. The van der Waals surface area contributed by atoms with E-state index in [1.165, 1.54) is 24.3 Å². The summed E-state index contributed by atoms with van der Waals surface area (Å²) in [6, 6.07) is 9.61. The minimum absolute atomic E-state index is 0.0286. The van der Waals surface area contributed by atoms with E-state index in [0.29, 0.717) is 0 Å². The van der Waals surface area contributed by atoms with Crippen LogP contribution in [0.2, 0.25) is 0 Å². The average molecular weight is 370 g/mol. The van der Waals surface area contributed by atoms with Gasteiger partial charge in [-0.3, -0.25) is 9.36 Å². The topological polar surface area (TPSA) is 108 Å². The Morgan fingerprint density at radius 2 is 2.00 bits per heavy atom. The van der Waals surface area contributed by atoms with Crippen LogP contribution < -0.4 is 10.9 Å². The molecule has 0 spiro atoms. The Labute approximate surface area is 151 Å². The third-order valence-corrected chi connectivity index (χ3v) is 3.85. The summed E-state index contributed by atoms with van der Waals surface area (Å²) in [6.07, 6.45) is -1.32. The highest BCUT2D eigenvalue weighted by Gasteiger charge is 2.18. The fourth-order valence-corrected chi connectivity index (χ4v) is 2.69. The van der Waals surface area contributed by atoms with Crippen LogP contribution in [0.4, 0.5) is 13.6 Å². The van der Waals surface area contributed by atoms with Gasteiger partial charge in [0.05, 0.1) is 17.3 Å². The summed E-state index contributed by atoms with van der Waals surface area (Å²) in [5, 5.41) is 19.4. The van der Waals surface area contributed by atoms with Crippen LogP contribution in [0, 0.1) is 23.0 Å². The van der Waals surface area contributed by atoms with Crippen molar-refractivity contribution in [1.29, 1.82) is 5.26 Å². The van der Waals surface area contributed by atoms with Crippen LogP contribution in [0.1, 0.15) is 11.4 Å². The molecule has 2 N–H and O–H groups in total. The Morgan fingerprint density at radius 3 is 2.70 bits per heavy atom. The molecule has 0 aliphatic rings. The number of nitrogens with zero attached hydrogens (tertiary/aromatic N) is 3. The molecule has 0 saturated carbocycles. The molecule has 136 valence electrons. The fourth-order valence-electron chi connectivity index (χ4n) is 2.69. The quantitative estimate of drug-likeness (QED) is 0.733. The van der Waals surface area contributed by atoms with E-state index in [2.05, 4.69) is 10.3 Å². The molecule has 1 amide bonds. The van der Waals surface area contributed by atoms with Gasteiger partial charge in [0.1, 0.15) is 28.4 Å². The molecule has 0 saturated heterocycles. The van der Waals surface area contributed by atoms with Gasteiger partial charge in [0.15, 0.2) is 0 Å². The first-order chi connectivity index (χ1) is 12.9. The number of benzene rings is 2. The fraction of sp³-hybridized carbons (Fsp3) is 0.111. The number of carbonyl (C=O) groups is 1. The van der Waals surface area contributed by atoms with Crippen molar-refractivity contribution in [3.8, 4) is 11.8 Å². The Hall–Kier alpha value is -3.80. The lowest BCUT2D eigenvalue weighted by atomic mass is 10.1. The van der Waals surface area contributed by atoms with Gasteiger partial charge < -0.3 is 10.4 Å². The van der Waals surface area contributed by atoms with Gasteiger partial charge in [-0.2, -0.15) is 5.26 Å². The van der Waals surface area contributed by atoms with E-state index in [1.54, 1.807) is 0 Å². The van der Waals surface area contributed by atoms with Crippen molar-refractivity contribution in [3.63, 3.8) is 0 Å². The third-order valence-electron chi connectivity index (χ3n) is 3.85. The second-order valence-corrected chi connectivity index (χ2v) is 5.57. The highest BCUT2D eigenvalue weighted by atomic mass is 19.1. The van der Waals surface area contributed by atoms with E-state index in [-0.39, 0.29) is 30.0 Å². The smallest absolute Gasteiger partial charge is 0.404 e. The Morgan fingerprint density at radius 1 is 1.26 bits per heavy atom. The van der Waals surface area contributed by atoms with Crippen molar-refractivity contribution in [2.45, 2.75) is 6.42 Å². The number of amides is 1. The largest absolute Gasteiger partial charge is 0.465 e. The lowest BCUT2D eigenvalue weighted by Gasteiger charge is -2.14. The minimum Gasteiger partial charge on any atom is -0.465 e. The maximum Gasteiger partial charge on any atom is 0.404 e. The highest BCUT2D eigenvalue weighted by molar-refractivity contribution is 5.79. The van der Waals surface area contributed by atoms with Crippen LogP contribution >= 0.6 is 0 Å². The van der Waals surface area contributed by atoms with E-state index in [9.17, 15) is 18.4 Å². The van der Waals surface area contributed by atoms with Crippen molar-refractivity contribution in [2.24, 2.45) is 0 Å². The van der Waals surface area contributed by atoms with Crippen molar-refractivity contribution < 1.29 is 18.7 Å². The molecule has 3 aromatic rings. The maximum atomic E-state index is 14.2. The van der Waals surface area contributed by atoms with Crippen molar-refractivity contribution >= 4 is 17.0 Å². The molecule has 0 atom stereocenters. The summed E-state index contributed by atoms with van der Waals surface area (Å²) in [5.74, 6) is -1.76. The molecule has 0 aliphatic heterocycles. The van der Waals surface area contributed by atoms with Gasteiger partial charge in [-0.05, 0) is 30.3 Å². The zero-order chi connectivity index (χ0) is 19.6. The van der Waals surface area contributed by atoms with Crippen LogP contribution in [-0.2, 0) is 6.42 Å². The lowest BCUT2D eigenvalue weighted by Crippen LogP contribution is -2.29. The molecule has 0 aliphatic carbocycles. The third kappa shape index (κ3) is 3.46. The average Bonchev–Trinajstić information content (AvgIpc) is 2.64. The molecule has 7 nitrogen and oxygen atoms in total. The van der Waals surface area contributed by atoms with Gasteiger partial charge in [-0.1, -0.05) is 6.07 Å². The van der Waals surface area contributed by atoms with Gasteiger partial charge in [0, 0.05) is 13.0 Å². The number of aromatic nitrogens is 2. The first kappa shape index (κ1) is 18.0. The molecule has 9 heteroatoms.